The van der Waals surface area contributed by atoms with Crippen LogP contribution in [-0.4, -0.2) is 17.0 Å². The van der Waals surface area contributed by atoms with Crippen LogP contribution in [0.5, 0.6) is 0 Å². The molecule has 0 aromatic heterocycles. The summed E-state index contributed by atoms with van der Waals surface area (Å²) >= 11 is 0. The Labute approximate surface area is 113 Å². The van der Waals surface area contributed by atoms with Gasteiger partial charge < -0.3 is 10.4 Å². The molecule has 4 nitrogen and oxygen atoms in total. The van der Waals surface area contributed by atoms with Crippen LogP contribution in [0.2, 0.25) is 0 Å². The third-order valence-electron chi connectivity index (χ3n) is 2.94. The molecule has 1 amide bonds. The first-order valence-electron chi connectivity index (χ1n) is 6.72. The maximum absolute atomic E-state index is 11.7. The van der Waals surface area contributed by atoms with Crippen molar-refractivity contribution in [1.82, 2.24) is 5.32 Å². The highest BCUT2D eigenvalue weighted by Crippen LogP contribution is 2.13. The minimum Gasteiger partial charge on any atom is -0.479 e. The molecule has 19 heavy (non-hydrogen) atoms. The Hall–Kier alpha value is -1.84. The zero-order chi connectivity index (χ0) is 14.1. The maximum Gasteiger partial charge on any atom is 0.330 e. The van der Waals surface area contributed by atoms with Crippen LogP contribution in [0.25, 0.3) is 0 Å². The summed E-state index contributed by atoms with van der Waals surface area (Å²) in [5, 5.41) is 11.7. The minimum atomic E-state index is -1.03. The van der Waals surface area contributed by atoms with Crippen LogP contribution in [0.3, 0.4) is 0 Å². The van der Waals surface area contributed by atoms with Crippen molar-refractivity contribution in [2.24, 2.45) is 0 Å². The number of nitrogens with one attached hydrogen (secondary N) is 1. The number of aliphatic carboxylic acids is 1. The van der Waals surface area contributed by atoms with Gasteiger partial charge in [-0.25, -0.2) is 4.79 Å². The van der Waals surface area contributed by atoms with Crippen molar-refractivity contribution in [2.45, 2.75) is 45.1 Å². The van der Waals surface area contributed by atoms with Crippen LogP contribution in [-0.2, 0) is 9.59 Å². The number of rotatable bonds is 8. The molecule has 1 rings (SSSR count). The zero-order valence-electron chi connectivity index (χ0n) is 11.3. The van der Waals surface area contributed by atoms with Crippen LogP contribution >= 0.6 is 0 Å². The molecule has 0 saturated heterocycles. The van der Waals surface area contributed by atoms with E-state index in [-0.39, 0.29) is 5.91 Å². The summed E-state index contributed by atoms with van der Waals surface area (Å²) in [4.78, 5) is 22.9. The lowest BCUT2D eigenvalue weighted by molar-refractivity contribution is -0.142. The molecule has 0 fully saturated rings. The van der Waals surface area contributed by atoms with Crippen LogP contribution < -0.4 is 5.32 Å². The molecule has 0 radical (unpaired) electrons. The lowest BCUT2D eigenvalue weighted by Gasteiger charge is -2.14. The Morgan fingerprint density at radius 2 is 1.84 bits per heavy atom. The van der Waals surface area contributed by atoms with Gasteiger partial charge in [0.15, 0.2) is 6.04 Å². The Morgan fingerprint density at radius 3 is 2.42 bits per heavy atom. The van der Waals surface area contributed by atoms with E-state index < -0.39 is 12.0 Å². The predicted octanol–water partition coefficient (Wildman–Crippen LogP) is 2.90. The van der Waals surface area contributed by atoms with Gasteiger partial charge in [-0.15, -0.1) is 0 Å². The normalized spacial score (nSPS) is 11.8. The molecule has 0 spiro atoms. The number of unbranched alkanes of at least 4 members (excludes halogenated alkanes) is 3. The van der Waals surface area contributed by atoms with Gasteiger partial charge in [0.1, 0.15) is 0 Å². The molecule has 2 N–H and O–H groups in total. The third kappa shape index (κ3) is 5.55. The molecule has 0 aliphatic heterocycles. The first kappa shape index (κ1) is 15.2. The number of hydrogen-bond donors (Lipinski definition) is 2. The van der Waals surface area contributed by atoms with Crippen molar-refractivity contribution in [3.63, 3.8) is 0 Å². The summed E-state index contributed by atoms with van der Waals surface area (Å²) in [5.74, 6) is -1.24. The van der Waals surface area contributed by atoms with E-state index in [1.54, 1.807) is 24.3 Å². The molecular weight excluding hydrogens is 242 g/mol. The summed E-state index contributed by atoms with van der Waals surface area (Å²) < 4.78 is 0. The molecule has 104 valence electrons. The molecule has 0 bridgehead atoms. The number of carbonyl (C=O) groups excluding carboxylic acids is 1. The first-order valence-corrected chi connectivity index (χ1v) is 6.72. The molecule has 1 aromatic rings. The second-order valence-corrected chi connectivity index (χ2v) is 4.56. The lowest BCUT2D eigenvalue weighted by Crippen LogP contribution is -2.33. The van der Waals surface area contributed by atoms with E-state index in [1.165, 1.54) is 0 Å². The van der Waals surface area contributed by atoms with Gasteiger partial charge in [-0.05, 0) is 12.0 Å². The fourth-order valence-electron chi connectivity index (χ4n) is 1.88. The highest BCUT2D eigenvalue weighted by molar-refractivity contribution is 5.84. The number of carboxylic acids is 1. The number of carboxylic acid groups (broad SMARTS) is 1. The molecule has 0 heterocycles. The van der Waals surface area contributed by atoms with Gasteiger partial charge in [-0.2, -0.15) is 0 Å². The highest BCUT2D eigenvalue weighted by Gasteiger charge is 2.21. The van der Waals surface area contributed by atoms with E-state index in [0.717, 1.165) is 25.7 Å². The van der Waals surface area contributed by atoms with E-state index in [9.17, 15) is 14.7 Å². The number of hydrogen-bond acceptors (Lipinski definition) is 2. The molecular formula is C15H21NO3. The number of carbonyl (C=O) groups is 2. The quantitative estimate of drug-likeness (QED) is 0.709. The molecule has 0 aliphatic rings. The Balaban J connectivity index is 2.51. The second kappa shape index (κ2) is 8.29. The van der Waals surface area contributed by atoms with Crippen molar-refractivity contribution >= 4 is 11.9 Å². The average Bonchev–Trinajstić information content (AvgIpc) is 2.41. The van der Waals surface area contributed by atoms with Crippen molar-refractivity contribution in [1.29, 1.82) is 0 Å². The van der Waals surface area contributed by atoms with E-state index in [2.05, 4.69) is 12.2 Å². The zero-order valence-corrected chi connectivity index (χ0v) is 11.3. The monoisotopic (exact) mass is 263 g/mol. The Morgan fingerprint density at radius 1 is 1.16 bits per heavy atom. The summed E-state index contributed by atoms with van der Waals surface area (Å²) in [6.45, 7) is 2.11. The standard InChI is InChI=1S/C15H21NO3/c1-2-3-4-8-11-13(17)16-14(15(18)19)12-9-6-5-7-10-12/h5-7,9-10,14H,2-4,8,11H2,1H3,(H,16,17)(H,18,19)/t14-/m0/s1. The topological polar surface area (TPSA) is 66.4 Å². The van der Waals surface area contributed by atoms with Gasteiger partial charge >= 0.3 is 5.97 Å². The molecule has 0 unspecified atom stereocenters. The van der Waals surface area contributed by atoms with Gasteiger partial charge in [-0.3, -0.25) is 4.79 Å². The minimum absolute atomic E-state index is 0.202. The van der Waals surface area contributed by atoms with Gasteiger partial charge in [0.2, 0.25) is 5.91 Å². The van der Waals surface area contributed by atoms with Crippen molar-refractivity contribution in [3.05, 3.63) is 35.9 Å². The van der Waals surface area contributed by atoms with E-state index in [0.29, 0.717) is 12.0 Å². The lowest BCUT2D eigenvalue weighted by atomic mass is 10.1. The van der Waals surface area contributed by atoms with E-state index in [4.69, 9.17) is 0 Å². The number of benzene rings is 1. The van der Waals surface area contributed by atoms with Gasteiger partial charge in [0, 0.05) is 6.42 Å². The van der Waals surface area contributed by atoms with E-state index in [1.807, 2.05) is 6.07 Å². The molecule has 0 aliphatic carbocycles. The van der Waals surface area contributed by atoms with Gasteiger partial charge in [0.05, 0.1) is 0 Å². The fourth-order valence-corrected chi connectivity index (χ4v) is 1.88. The maximum atomic E-state index is 11.7. The second-order valence-electron chi connectivity index (χ2n) is 4.56. The SMILES string of the molecule is CCCCCCC(=O)N[C@H](C(=O)O)c1ccccc1. The first-order chi connectivity index (χ1) is 9.15. The molecule has 0 saturated carbocycles. The van der Waals surface area contributed by atoms with Crippen LogP contribution in [0.15, 0.2) is 30.3 Å². The van der Waals surface area contributed by atoms with Crippen molar-refractivity contribution in [3.8, 4) is 0 Å². The molecule has 1 aromatic carbocycles. The van der Waals surface area contributed by atoms with Crippen molar-refractivity contribution < 1.29 is 14.7 Å². The van der Waals surface area contributed by atoms with E-state index >= 15 is 0 Å². The van der Waals surface area contributed by atoms with Crippen molar-refractivity contribution in [2.75, 3.05) is 0 Å². The van der Waals surface area contributed by atoms with Crippen LogP contribution in [0.1, 0.15) is 50.6 Å². The Bertz CT molecular complexity index is 403. The summed E-state index contributed by atoms with van der Waals surface area (Å²) in [7, 11) is 0. The smallest absolute Gasteiger partial charge is 0.330 e. The molecule has 4 heteroatoms. The summed E-state index contributed by atoms with van der Waals surface area (Å²) in [6, 6.07) is 7.79. The summed E-state index contributed by atoms with van der Waals surface area (Å²) in [6.07, 6.45) is 4.42. The van der Waals surface area contributed by atoms with Gasteiger partial charge in [-0.1, -0.05) is 56.5 Å². The average molecular weight is 263 g/mol. The van der Waals surface area contributed by atoms with Gasteiger partial charge in [0.25, 0.3) is 0 Å². The fraction of sp³-hybridized carbons (Fsp3) is 0.467. The third-order valence-corrected chi connectivity index (χ3v) is 2.94. The Kier molecular flexibility index (Phi) is 6.64. The number of amides is 1. The van der Waals surface area contributed by atoms with Crippen LogP contribution in [0.4, 0.5) is 0 Å². The van der Waals surface area contributed by atoms with Crippen LogP contribution in [0, 0.1) is 0 Å². The highest BCUT2D eigenvalue weighted by atomic mass is 16.4. The largest absolute Gasteiger partial charge is 0.479 e. The summed E-state index contributed by atoms with van der Waals surface area (Å²) in [5.41, 5.74) is 0.594. The molecule has 1 atom stereocenters. The predicted molar refractivity (Wildman–Crippen MR) is 73.7 cm³/mol.